The first-order valence-corrected chi connectivity index (χ1v) is 10.1. The molecule has 0 aromatic heterocycles. The van der Waals surface area contributed by atoms with Gasteiger partial charge in [-0.3, -0.25) is 0 Å². The molecule has 0 aliphatic carbocycles. The Morgan fingerprint density at radius 2 is 1.90 bits per heavy atom. The second-order valence-corrected chi connectivity index (χ2v) is 7.63. The molecule has 0 spiro atoms. The fourth-order valence-electron chi connectivity index (χ4n) is 4.41. The topological polar surface area (TPSA) is 72.8 Å². The number of ether oxygens (including phenoxy) is 4. The van der Waals surface area contributed by atoms with Crippen molar-refractivity contribution in [2.75, 3.05) is 13.9 Å². The van der Waals surface area contributed by atoms with E-state index in [-0.39, 0.29) is 18.6 Å². The maximum atomic E-state index is 10.4. The summed E-state index contributed by atoms with van der Waals surface area (Å²) in [5.74, 6) is 3.01. The van der Waals surface area contributed by atoms with Crippen LogP contribution in [0.15, 0.2) is 65.8 Å². The highest BCUT2D eigenvalue weighted by Crippen LogP contribution is 2.51. The number of phenolic OH excluding ortho intramolecular Hbond substituents is 1. The smallest absolute Gasteiger partial charge is 0.231 e. The van der Waals surface area contributed by atoms with Crippen LogP contribution in [0, 0.1) is 0 Å². The molecule has 2 atom stereocenters. The molecule has 0 unspecified atom stereocenters. The van der Waals surface area contributed by atoms with Gasteiger partial charge in [0.05, 0.1) is 18.9 Å². The molecular weight excluding hydrogens is 396 g/mol. The Balaban J connectivity index is 1.48. The normalized spacial score (nSPS) is 20.5. The van der Waals surface area contributed by atoms with Crippen LogP contribution in [0.3, 0.4) is 0 Å². The number of benzene rings is 3. The summed E-state index contributed by atoms with van der Waals surface area (Å²) in [6.07, 6.45) is 0.161. The van der Waals surface area contributed by atoms with Crippen molar-refractivity contribution in [2.24, 2.45) is 5.10 Å². The van der Waals surface area contributed by atoms with Gasteiger partial charge in [-0.25, -0.2) is 5.01 Å². The largest absolute Gasteiger partial charge is 0.507 e. The number of rotatable bonds is 3. The molecule has 7 heteroatoms. The Morgan fingerprint density at radius 1 is 1.03 bits per heavy atom. The molecule has 0 fully saturated rings. The Bertz CT molecular complexity index is 1210. The summed E-state index contributed by atoms with van der Waals surface area (Å²) in [7, 11) is 1.64. The number of fused-ring (bicyclic) bond motifs is 4. The van der Waals surface area contributed by atoms with Crippen LogP contribution in [0.4, 0.5) is 0 Å². The van der Waals surface area contributed by atoms with Crippen molar-refractivity contribution in [1.82, 2.24) is 5.01 Å². The molecule has 0 bridgehead atoms. The van der Waals surface area contributed by atoms with E-state index in [4.69, 9.17) is 24.0 Å². The third-order valence-electron chi connectivity index (χ3n) is 5.90. The molecule has 31 heavy (non-hydrogen) atoms. The minimum Gasteiger partial charge on any atom is -0.507 e. The lowest BCUT2D eigenvalue weighted by atomic mass is 9.95. The first kappa shape index (κ1) is 17.9. The van der Waals surface area contributed by atoms with Gasteiger partial charge in [-0.05, 0) is 36.4 Å². The van der Waals surface area contributed by atoms with E-state index in [9.17, 15) is 5.11 Å². The number of nitrogens with zero attached hydrogens (tertiary/aromatic N) is 2. The molecule has 0 amide bonds. The number of phenols is 1. The Hall–Kier alpha value is -3.87. The van der Waals surface area contributed by atoms with E-state index in [0.29, 0.717) is 29.4 Å². The van der Waals surface area contributed by atoms with Gasteiger partial charge in [-0.2, -0.15) is 5.10 Å². The molecule has 0 saturated carbocycles. The van der Waals surface area contributed by atoms with Crippen LogP contribution in [0.5, 0.6) is 28.7 Å². The van der Waals surface area contributed by atoms with Gasteiger partial charge >= 0.3 is 0 Å². The third-order valence-corrected chi connectivity index (χ3v) is 5.90. The number of methoxy groups -OCH3 is 1. The SMILES string of the molecule is COc1cccc2c1O[C@@H](c1ccc3c(c1)OCO3)N1N=C(c3ccccc3O)C[C@H]21. The predicted octanol–water partition coefficient (Wildman–Crippen LogP) is 4.37. The number of aromatic hydroxyl groups is 1. The Morgan fingerprint density at radius 3 is 2.77 bits per heavy atom. The minimum atomic E-state index is -0.480. The lowest BCUT2D eigenvalue weighted by molar-refractivity contribution is -0.0209. The average Bonchev–Trinajstić information content (AvgIpc) is 3.45. The average molecular weight is 416 g/mol. The maximum Gasteiger partial charge on any atom is 0.231 e. The summed E-state index contributed by atoms with van der Waals surface area (Å²) in [5.41, 5.74) is 3.44. The molecule has 3 heterocycles. The van der Waals surface area contributed by atoms with Crippen LogP contribution >= 0.6 is 0 Å². The lowest BCUT2D eigenvalue weighted by Crippen LogP contribution is -2.33. The summed E-state index contributed by atoms with van der Waals surface area (Å²) < 4.78 is 23.1. The molecule has 3 aromatic rings. The monoisotopic (exact) mass is 416 g/mol. The van der Waals surface area contributed by atoms with Crippen LogP contribution in [-0.4, -0.2) is 29.7 Å². The highest BCUT2D eigenvalue weighted by Gasteiger charge is 2.42. The molecule has 3 aliphatic heterocycles. The Labute approximate surface area is 179 Å². The molecule has 3 aliphatic rings. The first-order valence-electron chi connectivity index (χ1n) is 10.1. The number of hydrogen-bond donors (Lipinski definition) is 1. The predicted molar refractivity (Wildman–Crippen MR) is 113 cm³/mol. The van der Waals surface area contributed by atoms with Gasteiger partial charge in [0.15, 0.2) is 23.0 Å². The second kappa shape index (κ2) is 6.84. The van der Waals surface area contributed by atoms with Crippen LogP contribution in [-0.2, 0) is 0 Å². The zero-order chi connectivity index (χ0) is 20.9. The Kier molecular flexibility index (Phi) is 3.96. The minimum absolute atomic E-state index is 0.0520. The van der Waals surface area contributed by atoms with E-state index < -0.39 is 6.23 Å². The molecular formula is C24H20N2O5. The number of hydrazone groups is 1. The van der Waals surface area contributed by atoms with Crippen LogP contribution < -0.4 is 18.9 Å². The fraction of sp³-hybridized carbons (Fsp3) is 0.208. The summed E-state index contributed by atoms with van der Waals surface area (Å²) in [5, 5.41) is 17.2. The summed E-state index contributed by atoms with van der Waals surface area (Å²) in [6, 6.07) is 18.9. The molecule has 156 valence electrons. The van der Waals surface area contributed by atoms with E-state index in [2.05, 4.69) is 0 Å². The summed E-state index contributed by atoms with van der Waals surface area (Å²) in [4.78, 5) is 0. The molecule has 0 radical (unpaired) electrons. The molecule has 3 aromatic carbocycles. The van der Waals surface area contributed by atoms with Crippen molar-refractivity contribution in [3.05, 3.63) is 77.4 Å². The summed E-state index contributed by atoms with van der Waals surface area (Å²) >= 11 is 0. The summed E-state index contributed by atoms with van der Waals surface area (Å²) in [6.45, 7) is 0.211. The third kappa shape index (κ3) is 2.77. The van der Waals surface area contributed by atoms with Crippen molar-refractivity contribution >= 4 is 5.71 Å². The van der Waals surface area contributed by atoms with Gasteiger partial charge in [0.1, 0.15) is 5.75 Å². The van der Waals surface area contributed by atoms with E-state index in [0.717, 1.165) is 22.4 Å². The van der Waals surface area contributed by atoms with Crippen molar-refractivity contribution in [3.8, 4) is 28.7 Å². The lowest BCUT2D eigenvalue weighted by Gasteiger charge is -2.38. The van der Waals surface area contributed by atoms with Crippen LogP contribution in [0.25, 0.3) is 0 Å². The molecule has 1 N–H and O–H groups in total. The molecule has 7 nitrogen and oxygen atoms in total. The maximum absolute atomic E-state index is 10.4. The van der Waals surface area contributed by atoms with E-state index in [1.165, 1.54) is 0 Å². The van der Waals surface area contributed by atoms with Crippen LogP contribution in [0.1, 0.15) is 35.4 Å². The van der Waals surface area contributed by atoms with E-state index >= 15 is 0 Å². The van der Waals surface area contributed by atoms with Crippen molar-refractivity contribution in [1.29, 1.82) is 0 Å². The van der Waals surface area contributed by atoms with Gasteiger partial charge in [0.2, 0.25) is 13.0 Å². The van der Waals surface area contributed by atoms with Crippen molar-refractivity contribution in [2.45, 2.75) is 18.7 Å². The fourth-order valence-corrected chi connectivity index (χ4v) is 4.41. The zero-order valence-electron chi connectivity index (χ0n) is 16.8. The standard InChI is InChI=1S/C24H20N2O5/c1-28-21-8-4-6-16-18-12-17(15-5-2-3-7-19(15)27)25-26(18)24(31-23(16)21)14-9-10-20-22(11-14)30-13-29-20/h2-11,18,24,27H,12-13H2,1H3/t18-,24+/m1/s1. The van der Waals surface area contributed by atoms with Gasteiger partial charge in [0.25, 0.3) is 0 Å². The molecule has 0 saturated heterocycles. The molecule has 6 rings (SSSR count). The van der Waals surface area contributed by atoms with Crippen LogP contribution in [0.2, 0.25) is 0 Å². The highest BCUT2D eigenvalue weighted by atomic mass is 16.7. The number of para-hydroxylation sites is 2. The quantitative estimate of drug-likeness (QED) is 0.684. The highest BCUT2D eigenvalue weighted by molar-refractivity contribution is 6.04. The van der Waals surface area contributed by atoms with E-state index in [1.807, 2.05) is 53.5 Å². The first-order chi connectivity index (χ1) is 15.2. The van der Waals surface area contributed by atoms with Crippen molar-refractivity contribution < 1.29 is 24.1 Å². The second-order valence-electron chi connectivity index (χ2n) is 7.63. The van der Waals surface area contributed by atoms with Gasteiger partial charge in [-0.1, -0.05) is 24.3 Å². The number of hydrogen-bond acceptors (Lipinski definition) is 7. The zero-order valence-corrected chi connectivity index (χ0v) is 16.8. The van der Waals surface area contributed by atoms with Gasteiger partial charge in [0, 0.05) is 23.1 Å². The van der Waals surface area contributed by atoms with Crippen molar-refractivity contribution in [3.63, 3.8) is 0 Å². The van der Waals surface area contributed by atoms with Gasteiger partial charge < -0.3 is 24.1 Å². The van der Waals surface area contributed by atoms with Gasteiger partial charge in [-0.15, -0.1) is 0 Å². The van der Waals surface area contributed by atoms with E-state index in [1.54, 1.807) is 19.2 Å².